The van der Waals surface area contributed by atoms with E-state index < -0.39 is 5.54 Å². The Morgan fingerprint density at radius 1 is 0.950 bits per heavy atom. The summed E-state index contributed by atoms with van der Waals surface area (Å²) in [6.45, 7) is 12.9. The Labute approximate surface area is 122 Å². The summed E-state index contributed by atoms with van der Waals surface area (Å²) < 4.78 is 14.6. The van der Waals surface area contributed by atoms with Crippen LogP contribution in [0.15, 0.2) is 12.1 Å². The molecule has 1 nitrogen and oxygen atoms in total. The molecule has 1 aliphatic carbocycles. The van der Waals surface area contributed by atoms with Crippen LogP contribution in [-0.4, -0.2) is 0 Å². The summed E-state index contributed by atoms with van der Waals surface area (Å²) in [5.41, 5.74) is 9.13. The van der Waals surface area contributed by atoms with E-state index >= 15 is 0 Å². The molecular weight excluding hydrogens is 249 g/mol. The van der Waals surface area contributed by atoms with Crippen LogP contribution in [0.1, 0.15) is 63.6 Å². The number of hydrogen-bond acceptors (Lipinski definition) is 1. The molecule has 2 heteroatoms. The minimum absolute atomic E-state index is 0.139. The summed E-state index contributed by atoms with van der Waals surface area (Å²) in [6, 6.07) is 3.66. The topological polar surface area (TPSA) is 26.0 Å². The predicted octanol–water partition coefficient (Wildman–Crippen LogP) is 4.83. The highest BCUT2D eigenvalue weighted by molar-refractivity contribution is 5.38. The lowest BCUT2D eigenvalue weighted by Gasteiger charge is -2.51. The number of benzene rings is 1. The van der Waals surface area contributed by atoms with E-state index in [2.05, 4.69) is 27.7 Å². The van der Waals surface area contributed by atoms with Crippen LogP contribution in [0.25, 0.3) is 0 Å². The summed E-state index contributed by atoms with van der Waals surface area (Å²) in [7, 11) is 0. The van der Waals surface area contributed by atoms with E-state index in [4.69, 9.17) is 5.73 Å². The van der Waals surface area contributed by atoms with Gasteiger partial charge < -0.3 is 5.73 Å². The van der Waals surface area contributed by atoms with E-state index in [-0.39, 0.29) is 16.6 Å². The maximum atomic E-state index is 14.6. The van der Waals surface area contributed by atoms with Gasteiger partial charge in [-0.25, -0.2) is 4.39 Å². The Hall–Kier alpha value is -0.890. The highest BCUT2D eigenvalue weighted by Crippen LogP contribution is 2.53. The molecule has 2 N–H and O–H groups in total. The lowest BCUT2D eigenvalue weighted by Crippen LogP contribution is -2.50. The number of hydrogen-bond donors (Lipinski definition) is 1. The molecule has 0 radical (unpaired) electrons. The number of aryl methyl sites for hydroxylation is 2. The monoisotopic (exact) mass is 277 g/mol. The SMILES string of the molecule is Cc1cc(C)c(C2(N)CC(C)(C)CC(C)(C)C2)c(F)c1. The van der Waals surface area contributed by atoms with E-state index in [9.17, 15) is 4.39 Å². The third kappa shape index (κ3) is 2.90. The fourth-order valence-electron chi connectivity index (χ4n) is 4.91. The molecule has 0 saturated heterocycles. The smallest absolute Gasteiger partial charge is 0.128 e. The zero-order chi connectivity index (χ0) is 15.3. The fraction of sp³-hybridized carbons (Fsp3) is 0.667. The summed E-state index contributed by atoms with van der Waals surface area (Å²) in [4.78, 5) is 0. The molecule has 2 rings (SSSR count). The van der Waals surface area contributed by atoms with Crippen LogP contribution in [0, 0.1) is 30.5 Å². The maximum Gasteiger partial charge on any atom is 0.128 e. The van der Waals surface area contributed by atoms with Crippen molar-refractivity contribution in [2.45, 2.75) is 66.3 Å². The fourth-order valence-corrected chi connectivity index (χ4v) is 4.91. The van der Waals surface area contributed by atoms with Gasteiger partial charge in [0, 0.05) is 11.1 Å². The van der Waals surface area contributed by atoms with Gasteiger partial charge in [-0.1, -0.05) is 33.8 Å². The zero-order valence-electron chi connectivity index (χ0n) is 13.7. The average Bonchev–Trinajstić information content (AvgIpc) is 2.06. The molecule has 0 spiro atoms. The summed E-state index contributed by atoms with van der Waals surface area (Å²) in [5, 5.41) is 0. The molecule has 0 aliphatic heterocycles. The molecule has 0 aromatic heterocycles. The third-order valence-electron chi connectivity index (χ3n) is 4.47. The number of rotatable bonds is 1. The average molecular weight is 277 g/mol. The summed E-state index contributed by atoms with van der Waals surface area (Å²) in [5.74, 6) is -0.140. The normalized spacial score (nSPS) is 23.6. The van der Waals surface area contributed by atoms with Crippen LogP contribution in [-0.2, 0) is 5.54 Å². The van der Waals surface area contributed by atoms with Crippen LogP contribution in [0.4, 0.5) is 4.39 Å². The second kappa shape index (κ2) is 4.56. The van der Waals surface area contributed by atoms with Crippen LogP contribution in [0.5, 0.6) is 0 Å². The first-order chi connectivity index (χ1) is 8.94. The highest BCUT2D eigenvalue weighted by Gasteiger charge is 2.47. The van der Waals surface area contributed by atoms with Crippen molar-refractivity contribution in [3.05, 3.63) is 34.6 Å². The molecule has 20 heavy (non-hydrogen) atoms. The molecule has 0 amide bonds. The molecule has 0 heterocycles. The maximum absolute atomic E-state index is 14.6. The van der Waals surface area contributed by atoms with Gasteiger partial charge in [0.05, 0.1) is 0 Å². The minimum Gasteiger partial charge on any atom is -0.321 e. The van der Waals surface area contributed by atoms with Gasteiger partial charge >= 0.3 is 0 Å². The molecular formula is C18H28FN. The van der Waals surface area contributed by atoms with Crippen LogP contribution >= 0.6 is 0 Å². The van der Waals surface area contributed by atoms with E-state index in [1.165, 1.54) is 0 Å². The Bertz CT molecular complexity index is 489. The second-order valence-corrected chi connectivity index (χ2v) is 8.45. The molecule has 1 aromatic carbocycles. The highest BCUT2D eigenvalue weighted by atomic mass is 19.1. The Morgan fingerprint density at radius 2 is 1.45 bits per heavy atom. The Kier molecular flexibility index (Phi) is 3.53. The minimum atomic E-state index is -0.562. The molecule has 112 valence electrons. The molecule has 1 saturated carbocycles. The van der Waals surface area contributed by atoms with Crippen LogP contribution in [0.2, 0.25) is 0 Å². The van der Waals surface area contributed by atoms with Gasteiger partial charge in [-0.3, -0.25) is 0 Å². The van der Waals surface area contributed by atoms with E-state index in [1.54, 1.807) is 6.07 Å². The molecule has 1 aromatic rings. The van der Waals surface area contributed by atoms with E-state index in [0.29, 0.717) is 0 Å². The van der Waals surface area contributed by atoms with Crippen molar-refractivity contribution in [1.82, 2.24) is 0 Å². The first-order valence-electron chi connectivity index (χ1n) is 7.50. The van der Waals surface area contributed by atoms with Gasteiger partial charge in [0.1, 0.15) is 5.82 Å². The van der Waals surface area contributed by atoms with Crippen molar-refractivity contribution in [3.63, 3.8) is 0 Å². The lowest BCUT2D eigenvalue weighted by molar-refractivity contribution is 0.0451. The lowest BCUT2D eigenvalue weighted by atomic mass is 9.56. The van der Waals surface area contributed by atoms with Crippen LogP contribution < -0.4 is 5.73 Å². The van der Waals surface area contributed by atoms with Gasteiger partial charge in [-0.15, -0.1) is 0 Å². The van der Waals surface area contributed by atoms with Gasteiger partial charge in [0.25, 0.3) is 0 Å². The Morgan fingerprint density at radius 3 is 1.90 bits per heavy atom. The molecule has 0 atom stereocenters. The second-order valence-electron chi connectivity index (χ2n) is 8.45. The van der Waals surface area contributed by atoms with E-state index in [1.807, 2.05) is 19.9 Å². The molecule has 0 bridgehead atoms. The van der Waals surface area contributed by atoms with Crippen molar-refractivity contribution >= 4 is 0 Å². The molecule has 1 aliphatic rings. The molecule has 1 fully saturated rings. The summed E-state index contributed by atoms with van der Waals surface area (Å²) >= 11 is 0. The van der Waals surface area contributed by atoms with Gasteiger partial charge in [0.2, 0.25) is 0 Å². The quantitative estimate of drug-likeness (QED) is 0.781. The van der Waals surface area contributed by atoms with Crippen molar-refractivity contribution < 1.29 is 4.39 Å². The van der Waals surface area contributed by atoms with Crippen molar-refractivity contribution in [2.75, 3.05) is 0 Å². The van der Waals surface area contributed by atoms with Gasteiger partial charge in [-0.05, 0) is 61.1 Å². The molecule has 0 unspecified atom stereocenters. The standard InChI is InChI=1S/C18H28FN/c1-12-7-13(2)15(14(19)8-12)18(20)10-16(3,4)9-17(5,6)11-18/h7-8H,9-11,20H2,1-6H3. The van der Waals surface area contributed by atoms with Crippen molar-refractivity contribution in [2.24, 2.45) is 16.6 Å². The van der Waals surface area contributed by atoms with E-state index in [0.717, 1.165) is 36.0 Å². The number of halogens is 1. The summed E-state index contributed by atoms with van der Waals surface area (Å²) in [6.07, 6.45) is 2.81. The van der Waals surface area contributed by atoms with Crippen LogP contribution in [0.3, 0.4) is 0 Å². The Balaban J connectivity index is 2.55. The first-order valence-corrected chi connectivity index (χ1v) is 7.50. The number of nitrogens with two attached hydrogens (primary N) is 1. The zero-order valence-corrected chi connectivity index (χ0v) is 13.7. The van der Waals surface area contributed by atoms with Gasteiger partial charge in [-0.2, -0.15) is 0 Å². The van der Waals surface area contributed by atoms with Crippen molar-refractivity contribution in [3.8, 4) is 0 Å². The predicted molar refractivity (Wildman–Crippen MR) is 83.2 cm³/mol. The van der Waals surface area contributed by atoms with Crippen molar-refractivity contribution in [1.29, 1.82) is 0 Å². The van der Waals surface area contributed by atoms with Gasteiger partial charge in [0.15, 0.2) is 0 Å². The first kappa shape index (κ1) is 15.5. The third-order valence-corrected chi connectivity index (χ3v) is 4.47. The largest absolute Gasteiger partial charge is 0.321 e.